The first kappa shape index (κ1) is 18.7. The topological polar surface area (TPSA) is 64.4 Å². The standard InChI is InChI=1S/C14H28N2O2.ClH/c1-4-14(5-2,10-15)13(17)16-11(3)9-12-7-6-8-18-12;/h11-12H,4-10,15H2,1-3H3,(H,16,17);1H. The molecule has 0 aromatic heterocycles. The largest absolute Gasteiger partial charge is 0.378 e. The average molecular weight is 293 g/mol. The Morgan fingerprint density at radius 3 is 2.53 bits per heavy atom. The molecule has 0 saturated carbocycles. The molecule has 1 rings (SSSR count). The average Bonchev–Trinajstić information content (AvgIpc) is 2.84. The third-order valence-electron chi connectivity index (χ3n) is 4.24. The van der Waals surface area contributed by atoms with Crippen molar-refractivity contribution in [3.05, 3.63) is 0 Å². The van der Waals surface area contributed by atoms with Crippen LogP contribution in [0.2, 0.25) is 0 Å². The lowest BCUT2D eigenvalue weighted by atomic mass is 9.81. The van der Waals surface area contributed by atoms with Crippen LogP contribution in [-0.4, -0.2) is 31.2 Å². The van der Waals surface area contributed by atoms with Gasteiger partial charge in [0.15, 0.2) is 0 Å². The van der Waals surface area contributed by atoms with Crippen LogP contribution >= 0.6 is 12.4 Å². The van der Waals surface area contributed by atoms with E-state index in [1.807, 2.05) is 20.8 Å². The van der Waals surface area contributed by atoms with Crippen LogP contribution < -0.4 is 11.1 Å². The summed E-state index contributed by atoms with van der Waals surface area (Å²) in [6, 6.07) is 0.157. The fraction of sp³-hybridized carbons (Fsp3) is 0.929. The van der Waals surface area contributed by atoms with Crippen LogP contribution in [-0.2, 0) is 9.53 Å². The van der Waals surface area contributed by atoms with Crippen molar-refractivity contribution in [2.24, 2.45) is 11.1 Å². The predicted molar refractivity (Wildman–Crippen MR) is 80.5 cm³/mol. The highest BCUT2D eigenvalue weighted by atomic mass is 35.5. The van der Waals surface area contributed by atoms with E-state index >= 15 is 0 Å². The summed E-state index contributed by atoms with van der Waals surface area (Å²) in [6.45, 7) is 7.38. The van der Waals surface area contributed by atoms with Crippen molar-refractivity contribution in [1.29, 1.82) is 0 Å². The van der Waals surface area contributed by atoms with Gasteiger partial charge in [0.25, 0.3) is 0 Å². The van der Waals surface area contributed by atoms with Gasteiger partial charge in [0.05, 0.1) is 11.5 Å². The molecule has 5 heteroatoms. The molecule has 114 valence electrons. The number of rotatable bonds is 7. The number of halogens is 1. The second-order valence-electron chi connectivity index (χ2n) is 5.44. The van der Waals surface area contributed by atoms with Crippen LogP contribution in [0.3, 0.4) is 0 Å². The highest BCUT2D eigenvalue weighted by Crippen LogP contribution is 2.25. The first-order valence-corrected chi connectivity index (χ1v) is 7.20. The maximum atomic E-state index is 12.3. The van der Waals surface area contributed by atoms with Crippen molar-refractivity contribution in [1.82, 2.24) is 5.32 Å². The van der Waals surface area contributed by atoms with E-state index in [1.54, 1.807) is 0 Å². The summed E-state index contributed by atoms with van der Waals surface area (Å²) in [6.07, 6.45) is 5.05. The van der Waals surface area contributed by atoms with E-state index in [1.165, 1.54) is 0 Å². The molecule has 0 aromatic carbocycles. The molecule has 1 saturated heterocycles. The molecule has 3 N–H and O–H groups in total. The maximum Gasteiger partial charge on any atom is 0.227 e. The Kier molecular flexibility index (Phi) is 8.62. The van der Waals surface area contributed by atoms with Crippen molar-refractivity contribution >= 4 is 18.3 Å². The Morgan fingerprint density at radius 2 is 2.11 bits per heavy atom. The molecule has 0 spiro atoms. The number of hydrogen-bond donors (Lipinski definition) is 2. The van der Waals surface area contributed by atoms with Gasteiger partial charge >= 0.3 is 0 Å². The summed E-state index contributed by atoms with van der Waals surface area (Å²) in [4.78, 5) is 12.3. The summed E-state index contributed by atoms with van der Waals surface area (Å²) < 4.78 is 5.59. The molecule has 0 aliphatic carbocycles. The second kappa shape index (κ2) is 8.77. The van der Waals surface area contributed by atoms with Gasteiger partial charge < -0.3 is 15.8 Å². The smallest absolute Gasteiger partial charge is 0.227 e. The number of ether oxygens (including phenoxy) is 1. The number of amides is 1. The summed E-state index contributed by atoms with van der Waals surface area (Å²) in [5.74, 6) is 0.0977. The van der Waals surface area contributed by atoms with Crippen molar-refractivity contribution < 1.29 is 9.53 Å². The SMILES string of the molecule is CCC(CC)(CN)C(=O)NC(C)CC1CCCO1.Cl. The molecule has 1 amide bonds. The number of nitrogens with two attached hydrogens (primary N) is 1. The zero-order valence-electron chi connectivity index (χ0n) is 12.4. The van der Waals surface area contributed by atoms with Gasteiger partial charge in [0, 0.05) is 19.2 Å². The van der Waals surface area contributed by atoms with Crippen molar-refractivity contribution in [2.75, 3.05) is 13.2 Å². The first-order chi connectivity index (χ1) is 8.57. The Balaban J connectivity index is 0.00000324. The van der Waals surface area contributed by atoms with Crippen molar-refractivity contribution in [3.63, 3.8) is 0 Å². The molecule has 1 fully saturated rings. The summed E-state index contributed by atoms with van der Waals surface area (Å²) in [5.41, 5.74) is 5.39. The lowest BCUT2D eigenvalue weighted by Crippen LogP contribution is -2.48. The number of carbonyl (C=O) groups excluding carboxylic acids is 1. The molecule has 2 atom stereocenters. The summed E-state index contributed by atoms with van der Waals surface area (Å²) >= 11 is 0. The van der Waals surface area contributed by atoms with Crippen molar-refractivity contribution in [3.8, 4) is 0 Å². The summed E-state index contributed by atoms with van der Waals surface area (Å²) in [7, 11) is 0. The minimum absolute atomic E-state index is 0. The van der Waals surface area contributed by atoms with Gasteiger partial charge in [-0.25, -0.2) is 0 Å². The van der Waals surface area contributed by atoms with E-state index in [0.717, 1.165) is 38.7 Å². The first-order valence-electron chi connectivity index (χ1n) is 7.20. The normalized spacial score (nSPS) is 20.7. The van der Waals surface area contributed by atoms with Gasteiger partial charge in [-0.1, -0.05) is 13.8 Å². The van der Waals surface area contributed by atoms with Gasteiger partial charge in [-0.3, -0.25) is 4.79 Å². The fourth-order valence-corrected chi connectivity index (χ4v) is 2.61. The van der Waals surface area contributed by atoms with Crippen molar-refractivity contribution in [2.45, 2.75) is 65.0 Å². The molecule has 2 unspecified atom stereocenters. The van der Waals surface area contributed by atoms with Gasteiger partial charge in [-0.15, -0.1) is 12.4 Å². The third-order valence-corrected chi connectivity index (χ3v) is 4.24. The molecule has 1 aliphatic rings. The lowest BCUT2D eigenvalue weighted by Gasteiger charge is -2.30. The molecule has 19 heavy (non-hydrogen) atoms. The van der Waals surface area contributed by atoms with E-state index in [2.05, 4.69) is 5.32 Å². The zero-order valence-corrected chi connectivity index (χ0v) is 13.2. The van der Waals surface area contributed by atoms with E-state index in [4.69, 9.17) is 10.5 Å². The monoisotopic (exact) mass is 292 g/mol. The Bertz CT molecular complexity index is 256. The molecule has 4 nitrogen and oxygen atoms in total. The minimum atomic E-state index is -0.398. The minimum Gasteiger partial charge on any atom is -0.378 e. The second-order valence-corrected chi connectivity index (χ2v) is 5.44. The van der Waals surface area contributed by atoms with Gasteiger partial charge in [-0.2, -0.15) is 0 Å². The van der Waals surface area contributed by atoms with Crippen LogP contribution in [0, 0.1) is 5.41 Å². The van der Waals surface area contributed by atoms with E-state index < -0.39 is 5.41 Å². The van der Waals surface area contributed by atoms with Crippen LogP contribution in [0.25, 0.3) is 0 Å². The maximum absolute atomic E-state index is 12.3. The fourth-order valence-electron chi connectivity index (χ4n) is 2.61. The Labute approximate surface area is 123 Å². The predicted octanol–water partition coefficient (Wildman–Crippen LogP) is 2.25. The Morgan fingerprint density at radius 1 is 1.47 bits per heavy atom. The zero-order chi connectivity index (χ0) is 13.6. The number of carbonyl (C=O) groups is 1. The van der Waals surface area contributed by atoms with Crippen LogP contribution in [0.4, 0.5) is 0 Å². The quantitative estimate of drug-likeness (QED) is 0.756. The highest BCUT2D eigenvalue weighted by molar-refractivity contribution is 5.85. The van der Waals surface area contributed by atoms with Crippen LogP contribution in [0.15, 0.2) is 0 Å². The van der Waals surface area contributed by atoms with Crippen LogP contribution in [0.5, 0.6) is 0 Å². The molecule has 1 heterocycles. The van der Waals surface area contributed by atoms with E-state index in [0.29, 0.717) is 12.6 Å². The third kappa shape index (κ3) is 4.93. The molecule has 1 aliphatic heterocycles. The van der Waals surface area contributed by atoms with Gasteiger partial charge in [-0.05, 0) is 39.0 Å². The highest BCUT2D eigenvalue weighted by Gasteiger charge is 2.34. The van der Waals surface area contributed by atoms with Gasteiger partial charge in [0.2, 0.25) is 5.91 Å². The van der Waals surface area contributed by atoms with E-state index in [9.17, 15) is 4.79 Å². The summed E-state index contributed by atoms with van der Waals surface area (Å²) in [5, 5.41) is 3.10. The number of hydrogen-bond acceptors (Lipinski definition) is 3. The molecule has 0 bridgehead atoms. The molecule has 0 radical (unpaired) electrons. The molecule has 0 aromatic rings. The lowest BCUT2D eigenvalue weighted by molar-refractivity contribution is -0.131. The van der Waals surface area contributed by atoms with Gasteiger partial charge in [0.1, 0.15) is 0 Å². The number of nitrogens with one attached hydrogen (secondary N) is 1. The van der Waals surface area contributed by atoms with E-state index in [-0.39, 0.29) is 24.4 Å². The molecular weight excluding hydrogens is 264 g/mol. The molecular formula is C14H29ClN2O2. The Hall–Kier alpha value is -0.320. The van der Waals surface area contributed by atoms with Crippen LogP contribution in [0.1, 0.15) is 52.9 Å².